The molecule has 0 bridgehead atoms. The molecule has 0 fully saturated rings. The fraction of sp³-hybridized carbons (Fsp3) is 0.423. The Hall–Kier alpha value is -3.39. The third-order valence-corrected chi connectivity index (χ3v) is 5.67. The van der Waals surface area contributed by atoms with E-state index < -0.39 is 18.1 Å². The van der Waals surface area contributed by atoms with Crippen LogP contribution in [0.15, 0.2) is 48.5 Å². The Morgan fingerprint density at radius 1 is 0.971 bits per heavy atom. The number of carbonyl (C=O) groups is 3. The molecule has 1 aliphatic rings. The predicted octanol–water partition coefficient (Wildman–Crippen LogP) is 3.55. The van der Waals surface area contributed by atoms with E-state index in [1.54, 1.807) is 0 Å². The zero-order chi connectivity index (χ0) is 24.5. The van der Waals surface area contributed by atoms with Crippen LogP contribution < -0.4 is 10.6 Å². The SMILES string of the molecule is CC(C)C[C@H](NC(=O)OCC1c2ccccc2-c2ccccc21)C(=O)NCCOCCC(=O)O. The highest BCUT2D eigenvalue weighted by molar-refractivity contribution is 5.85. The van der Waals surface area contributed by atoms with E-state index in [-0.39, 0.29) is 50.5 Å². The van der Waals surface area contributed by atoms with Gasteiger partial charge in [-0.2, -0.15) is 0 Å². The van der Waals surface area contributed by atoms with Gasteiger partial charge in [0.25, 0.3) is 0 Å². The number of hydrogen-bond acceptors (Lipinski definition) is 5. The number of rotatable bonds is 12. The highest BCUT2D eigenvalue weighted by Crippen LogP contribution is 2.44. The Labute approximate surface area is 199 Å². The summed E-state index contributed by atoms with van der Waals surface area (Å²) in [6.07, 6.45) is -0.274. The average molecular weight is 469 g/mol. The fourth-order valence-corrected chi connectivity index (χ4v) is 4.12. The summed E-state index contributed by atoms with van der Waals surface area (Å²) in [5.41, 5.74) is 4.54. The minimum atomic E-state index is -0.937. The van der Waals surface area contributed by atoms with E-state index in [9.17, 15) is 14.4 Å². The molecule has 0 saturated heterocycles. The van der Waals surface area contributed by atoms with Crippen molar-refractivity contribution in [3.8, 4) is 11.1 Å². The van der Waals surface area contributed by atoms with Crippen molar-refractivity contribution in [3.63, 3.8) is 0 Å². The van der Waals surface area contributed by atoms with Gasteiger partial charge in [0.05, 0.1) is 19.6 Å². The summed E-state index contributed by atoms with van der Waals surface area (Å²) in [6.45, 7) is 4.60. The van der Waals surface area contributed by atoms with Crippen LogP contribution in [-0.4, -0.2) is 55.5 Å². The summed E-state index contributed by atoms with van der Waals surface area (Å²) in [5, 5.41) is 14.0. The highest BCUT2D eigenvalue weighted by atomic mass is 16.5. The van der Waals surface area contributed by atoms with E-state index in [4.69, 9.17) is 14.6 Å². The Balaban J connectivity index is 1.53. The van der Waals surface area contributed by atoms with Crippen LogP contribution in [0, 0.1) is 5.92 Å². The molecule has 0 spiro atoms. The second-order valence-electron chi connectivity index (χ2n) is 8.70. The fourth-order valence-electron chi connectivity index (χ4n) is 4.12. The van der Waals surface area contributed by atoms with Gasteiger partial charge in [-0.15, -0.1) is 0 Å². The molecule has 1 atom stereocenters. The van der Waals surface area contributed by atoms with E-state index >= 15 is 0 Å². The monoisotopic (exact) mass is 468 g/mol. The lowest BCUT2D eigenvalue weighted by molar-refractivity contribution is -0.138. The largest absolute Gasteiger partial charge is 0.481 e. The number of amides is 2. The molecule has 2 amide bonds. The molecule has 0 unspecified atom stereocenters. The molecule has 0 saturated carbocycles. The summed E-state index contributed by atoms with van der Waals surface area (Å²) in [4.78, 5) is 35.7. The van der Waals surface area contributed by atoms with Gasteiger partial charge in [-0.25, -0.2) is 4.79 Å². The van der Waals surface area contributed by atoms with Crippen LogP contribution in [0.5, 0.6) is 0 Å². The first-order valence-corrected chi connectivity index (χ1v) is 11.6. The summed E-state index contributed by atoms with van der Waals surface area (Å²) in [5.74, 6) is -1.15. The van der Waals surface area contributed by atoms with Crippen molar-refractivity contribution in [2.75, 3.05) is 26.4 Å². The van der Waals surface area contributed by atoms with Crippen molar-refractivity contribution >= 4 is 18.0 Å². The Morgan fingerprint density at radius 3 is 2.18 bits per heavy atom. The molecule has 3 N–H and O–H groups in total. The van der Waals surface area contributed by atoms with Crippen LogP contribution in [0.4, 0.5) is 4.79 Å². The number of carboxylic acids is 1. The number of hydrogen-bond donors (Lipinski definition) is 3. The molecule has 8 heteroatoms. The summed E-state index contributed by atoms with van der Waals surface area (Å²) >= 11 is 0. The smallest absolute Gasteiger partial charge is 0.407 e. The van der Waals surface area contributed by atoms with Gasteiger partial charge >= 0.3 is 12.1 Å². The van der Waals surface area contributed by atoms with Gasteiger partial charge in [0.1, 0.15) is 12.6 Å². The van der Waals surface area contributed by atoms with Crippen molar-refractivity contribution < 1.29 is 29.0 Å². The van der Waals surface area contributed by atoms with Crippen molar-refractivity contribution in [1.82, 2.24) is 10.6 Å². The van der Waals surface area contributed by atoms with Gasteiger partial charge in [0.2, 0.25) is 5.91 Å². The lowest BCUT2D eigenvalue weighted by Crippen LogP contribution is -2.48. The van der Waals surface area contributed by atoms with Gasteiger partial charge in [0, 0.05) is 12.5 Å². The van der Waals surface area contributed by atoms with Crippen molar-refractivity contribution in [3.05, 3.63) is 59.7 Å². The summed E-state index contributed by atoms with van der Waals surface area (Å²) in [7, 11) is 0. The van der Waals surface area contributed by atoms with Gasteiger partial charge in [-0.1, -0.05) is 62.4 Å². The van der Waals surface area contributed by atoms with Crippen LogP contribution in [0.2, 0.25) is 0 Å². The minimum absolute atomic E-state index is 0.0570. The second-order valence-corrected chi connectivity index (χ2v) is 8.70. The van der Waals surface area contributed by atoms with E-state index in [2.05, 4.69) is 34.9 Å². The summed E-state index contributed by atoms with van der Waals surface area (Å²) in [6, 6.07) is 15.5. The third kappa shape index (κ3) is 6.81. The molecule has 2 aromatic carbocycles. The van der Waals surface area contributed by atoms with Crippen LogP contribution >= 0.6 is 0 Å². The number of nitrogens with one attached hydrogen (secondary N) is 2. The zero-order valence-electron chi connectivity index (χ0n) is 19.6. The lowest BCUT2D eigenvalue weighted by Gasteiger charge is -2.21. The predicted molar refractivity (Wildman–Crippen MR) is 128 cm³/mol. The molecule has 8 nitrogen and oxygen atoms in total. The number of alkyl carbamates (subject to hydrolysis) is 1. The maximum absolute atomic E-state index is 12.6. The first kappa shape index (κ1) is 25.2. The number of ether oxygens (including phenoxy) is 2. The lowest BCUT2D eigenvalue weighted by atomic mass is 9.98. The average Bonchev–Trinajstić information content (AvgIpc) is 3.12. The number of benzene rings is 2. The molecule has 0 heterocycles. The first-order chi connectivity index (χ1) is 16.4. The van der Waals surface area contributed by atoms with Crippen molar-refractivity contribution in [2.45, 2.75) is 38.6 Å². The van der Waals surface area contributed by atoms with Gasteiger partial charge < -0.3 is 25.2 Å². The minimum Gasteiger partial charge on any atom is -0.481 e. The molecule has 0 radical (unpaired) electrons. The zero-order valence-corrected chi connectivity index (χ0v) is 19.6. The molecule has 0 aliphatic heterocycles. The van der Waals surface area contributed by atoms with E-state index in [0.717, 1.165) is 22.3 Å². The maximum atomic E-state index is 12.6. The van der Waals surface area contributed by atoms with Crippen molar-refractivity contribution in [1.29, 1.82) is 0 Å². The highest BCUT2D eigenvalue weighted by Gasteiger charge is 2.30. The number of carboxylic acid groups (broad SMARTS) is 1. The third-order valence-electron chi connectivity index (χ3n) is 5.67. The first-order valence-electron chi connectivity index (χ1n) is 11.6. The molecule has 182 valence electrons. The molecule has 3 rings (SSSR count). The van der Waals surface area contributed by atoms with E-state index in [0.29, 0.717) is 6.42 Å². The Morgan fingerprint density at radius 2 is 1.59 bits per heavy atom. The normalized spacial score (nSPS) is 13.1. The number of aliphatic carboxylic acids is 1. The molecule has 2 aromatic rings. The van der Waals surface area contributed by atoms with Gasteiger partial charge in [-0.3, -0.25) is 9.59 Å². The number of carbonyl (C=O) groups excluding carboxylic acids is 2. The molecule has 0 aromatic heterocycles. The topological polar surface area (TPSA) is 114 Å². The van der Waals surface area contributed by atoms with E-state index in [1.807, 2.05) is 38.1 Å². The Kier molecular flexibility index (Phi) is 9.04. The Bertz CT molecular complexity index is 961. The van der Waals surface area contributed by atoms with Crippen LogP contribution in [0.25, 0.3) is 11.1 Å². The van der Waals surface area contributed by atoms with Gasteiger partial charge in [-0.05, 0) is 34.6 Å². The molecule has 34 heavy (non-hydrogen) atoms. The standard InChI is InChI=1S/C26H32N2O6/c1-17(2)15-23(25(31)27-12-14-33-13-11-24(29)30)28-26(32)34-16-22-20-9-5-3-7-18(20)19-8-4-6-10-21(19)22/h3-10,17,22-23H,11-16H2,1-2H3,(H,27,31)(H,28,32)(H,29,30)/t23-/m0/s1. The molecular formula is C26H32N2O6. The van der Waals surface area contributed by atoms with Crippen LogP contribution in [0.1, 0.15) is 43.7 Å². The number of fused-ring (bicyclic) bond motifs is 3. The molecule has 1 aliphatic carbocycles. The summed E-state index contributed by atoms with van der Waals surface area (Å²) < 4.78 is 10.8. The van der Waals surface area contributed by atoms with Crippen LogP contribution in [0.3, 0.4) is 0 Å². The van der Waals surface area contributed by atoms with Crippen LogP contribution in [-0.2, 0) is 19.1 Å². The quantitative estimate of drug-likeness (QED) is 0.411. The van der Waals surface area contributed by atoms with Crippen molar-refractivity contribution in [2.24, 2.45) is 5.92 Å². The van der Waals surface area contributed by atoms with E-state index in [1.165, 1.54) is 0 Å². The maximum Gasteiger partial charge on any atom is 0.407 e. The van der Waals surface area contributed by atoms with Gasteiger partial charge in [0.15, 0.2) is 0 Å². The second kappa shape index (κ2) is 12.2. The molecular weight excluding hydrogens is 436 g/mol.